The highest BCUT2D eigenvalue weighted by atomic mass is 79.9. The maximum absolute atomic E-state index is 14.2. The van der Waals surface area contributed by atoms with Crippen LogP contribution in [-0.2, 0) is 16.1 Å². The van der Waals surface area contributed by atoms with Gasteiger partial charge in [0.1, 0.15) is 12.4 Å². The number of nitrogens with zero attached hydrogens (tertiary/aromatic N) is 2. The number of aromatic nitrogens is 1. The van der Waals surface area contributed by atoms with Gasteiger partial charge in [-0.1, -0.05) is 51.5 Å². The van der Waals surface area contributed by atoms with Gasteiger partial charge in [-0.05, 0) is 61.4 Å². The summed E-state index contributed by atoms with van der Waals surface area (Å²) >= 11 is 4.79. The first kappa shape index (κ1) is 32.0. The molecule has 0 spiro atoms. The number of esters is 1. The number of allylic oxidation sites excluding steroid dienone is 1. The van der Waals surface area contributed by atoms with Crippen molar-refractivity contribution >= 4 is 39.3 Å². The van der Waals surface area contributed by atoms with E-state index in [9.17, 15) is 14.0 Å². The standard InChI is InChI=1S/C33H30BrFN2O7S/c1-6-43-32(39)28-18(2)36-33-37(29(28)22-15-25(41-4)26(42-5)16-23(22)34)31(38)27(45-33)14-20-8-7-9-24(40-3)30(20)44-17-19-10-12-21(35)13-11-19/h7-16,29H,6,17H2,1-5H3/b27-14-/t29-/m0/s1. The molecule has 0 aliphatic carbocycles. The lowest BCUT2D eigenvalue weighted by atomic mass is 9.95. The molecule has 1 aromatic heterocycles. The zero-order valence-electron chi connectivity index (χ0n) is 25.2. The zero-order valence-corrected chi connectivity index (χ0v) is 27.6. The Labute approximate surface area is 270 Å². The maximum atomic E-state index is 14.2. The SMILES string of the molecule is CCOC(=O)C1=C(C)N=c2s/c(=C\c3cccc(OC)c3OCc3ccc(F)cc3)c(=O)n2[C@H]1c1cc(OC)c(OC)cc1Br. The molecule has 1 aliphatic rings. The number of hydrogen-bond acceptors (Lipinski definition) is 9. The van der Waals surface area contributed by atoms with Crippen molar-refractivity contribution in [2.45, 2.75) is 26.5 Å². The first-order chi connectivity index (χ1) is 21.7. The fourth-order valence-electron chi connectivity index (χ4n) is 5.00. The lowest BCUT2D eigenvalue weighted by Gasteiger charge is -2.26. The van der Waals surface area contributed by atoms with Crippen molar-refractivity contribution in [2.24, 2.45) is 4.99 Å². The molecule has 0 saturated heterocycles. The molecule has 45 heavy (non-hydrogen) atoms. The van der Waals surface area contributed by atoms with Gasteiger partial charge < -0.3 is 23.7 Å². The normalized spacial score (nSPS) is 14.5. The molecule has 0 amide bonds. The Morgan fingerprint density at radius 1 is 1.04 bits per heavy atom. The minimum Gasteiger partial charge on any atom is -0.493 e. The van der Waals surface area contributed by atoms with Crippen LogP contribution in [0.1, 0.15) is 36.6 Å². The molecule has 5 rings (SSSR count). The molecule has 12 heteroatoms. The Balaban J connectivity index is 1.68. The first-order valence-electron chi connectivity index (χ1n) is 13.9. The fraction of sp³-hybridized carbons (Fsp3) is 0.242. The van der Waals surface area contributed by atoms with E-state index in [0.29, 0.717) is 53.6 Å². The summed E-state index contributed by atoms with van der Waals surface area (Å²) in [5.41, 5.74) is 2.22. The molecule has 0 radical (unpaired) electrons. The van der Waals surface area contributed by atoms with Crippen molar-refractivity contribution in [3.63, 3.8) is 0 Å². The maximum Gasteiger partial charge on any atom is 0.338 e. The van der Waals surface area contributed by atoms with E-state index in [1.54, 1.807) is 62.4 Å². The second-order valence-corrected chi connectivity index (χ2v) is 11.7. The smallest absolute Gasteiger partial charge is 0.338 e. The topological polar surface area (TPSA) is 97.6 Å². The third-order valence-corrected chi connectivity index (χ3v) is 8.80. The number of halogens is 2. The molecule has 0 N–H and O–H groups in total. The Kier molecular flexibility index (Phi) is 9.74. The number of fused-ring (bicyclic) bond motifs is 1. The quantitative estimate of drug-likeness (QED) is 0.208. The molecule has 0 unspecified atom stereocenters. The number of para-hydroxylation sites is 1. The molecule has 0 fully saturated rings. The van der Waals surface area contributed by atoms with Gasteiger partial charge in [0.05, 0.1) is 49.8 Å². The van der Waals surface area contributed by atoms with E-state index in [-0.39, 0.29) is 30.2 Å². The highest BCUT2D eigenvalue weighted by Crippen LogP contribution is 2.41. The number of hydrogen-bond donors (Lipinski definition) is 0. The van der Waals surface area contributed by atoms with Crippen LogP contribution >= 0.6 is 27.3 Å². The van der Waals surface area contributed by atoms with E-state index in [1.165, 1.54) is 49.4 Å². The van der Waals surface area contributed by atoms with E-state index in [4.69, 9.17) is 23.7 Å². The van der Waals surface area contributed by atoms with Crippen LogP contribution in [0.5, 0.6) is 23.0 Å². The van der Waals surface area contributed by atoms with Crippen LogP contribution in [0.4, 0.5) is 4.39 Å². The molecule has 0 saturated carbocycles. The van der Waals surface area contributed by atoms with E-state index >= 15 is 0 Å². The number of thiazole rings is 1. The predicted octanol–water partition coefficient (Wildman–Crippen LogP) is 5.30. The van der Waals surface area contributed by atoms with Crippen molar-refractivity contribution in [3.8, 4) is 23.0 Å². The third-order valence-electron chi connectivity index (χ3n) is 7.13. The summed E-state index contributed by atoms with van der Waals surface area (Å²) in [6.07, 6.45) is 1.70. The second-order valence-electron chi connectivity index (χ2n) is 9.82. The summed E-state index contributed by atoms with van der Waals surface area (Å²) in [6, 6.07) is 13.9. The summed E-state index contributed by atoms with van der Waals surface area (Å²) in [7, 11) is 4.56. The Bertz CT molecular complexity index is 1970. The van der Waals surface area contributed by atoms with Crippen LogP contribution in [0, 0.1) is 5.82 Å². The highest BCUT2D eigenvalue weighted by molar-refractivity contribution is 9.10. The third kappa shape index (κ3) is 6.38. The van der Waals surface area contributed by atoms with E-state index < -0.39 is 12.0 Å². The van der Waals surface area contributed by atoms with Gasteiger partial charge >= 0.3 is 5.97 Å². The molecule has 9 nitrogen and oxygen atoms in total. The van der Waals surface area contributed by atoms with Crippen LogP contribution in [0.3, 0.4) is 0 Å². The monoisotopic (exact) mass is 696 g/mol. The molecule has 4 aromatic rings. The lowest BCUT2D eigenvalue weighted by molar-refractivity contribution is -0.139. The number of carbonyl (C=O) groups is 1. The summed E-state index contributed by atoms with van der Waals surface area (Å²) in [5, 5.41) is 0. The Morgan fingerprint density at radius 2 is 1.73 bits per heavy atom. The van der Waals surface area contributed by atoms with Gasteiger partial charge in [-0.3, -0.25) is 9.36 Å². The molecule has 1 atom stereocenters. The molecule has 234 valence electrons. The van der Waals surface area contributed by atoms with Crippen LogP contribution in [0.25, 0.3) is 6.08 Å². The van der Waals surface area contributed by atoms with E-state index in [0.717, 1.165) is 5.56 Å². The van der Waals surface area contributed by atoms with Gasteiger partial charge in [0.15, 0.2) is 27.8 Å². The summed E-state index contributed by atoms with van der Waals surface area (Å²) < 4.78 is 44.0. The number of ether oxygens (including phenoxy) is 5. The molecular formula is C33H30BrFN2O7S. The summed E-state index contributed by atoms with van der Waals surface area (Å²) in [5.74, 6) is 0.861. The first-order valence-corrected chi connectivity index (χ1v) is 15.5. The van der Waals surface area contributed by atoms with Crippen molar-refractivity contribution in [1.82, 2.24) is 4.57 Å². The van der Waals surface area contributed by atoms with Gasteiger partial charge in [0.2, 0.25) is 0 Å². The number of benzene rings is 3. The van der Waals surface area contributed by atoms with Crippen molar-refractivity contribution in [1.29, 1.82) is 0 Å². The van der Waals surface area contributed by atoms with Gasteiger partial charge in [-0.25, -0.2) is 14.2 Å². The van der Waals surface area contributed by atoms with Crippen molar-refractivity contribution in [2.75, 3.05) is 27.9 Å². The number of methoxy groups -OCH3 is 3. The predicted molar refractivity (Wildman–Crippen MR) is 171 cm³/mol. The summed E-state index contributed by atoms with van der Waals surface area (Å²) in [4.78, 5) is 32.6. The average molecular weight is 698 g/mol. The highest BCUT2D eigenvalue weighted by Gasteiger charge is 2.35. The fourth-order valence-corrected chi connectivity index (χ4v) is 6.58. The molecule has 0 bridgehead atoms. The number of rotatable bonds is 10. The average Bonchev–Trinajstić information content (AvgIpc) is 3.34. The minimum absolute atomic E-state index is 0.149. The molecule has 2 heterocycles. The molecular weight excluding hydrogens is 667 g/mol. The second kappa shape index (κ2) is 13.7. The Hall–Kier alpha value is -4.42. The van der Waals surface area contributed by atoms with E-state index in [2.05, 4.69) is 20.9 Å². The molecule has 1 aliphatic heterocycles. The largest absolute Gasteiger partial charge is 0.493 e. The zero-order chi connectivity index (χ0) is 32.2. The van der Waals surface area contributed by atoms with Gasteiger partial charge in [-0.15, -0.1) is 0 Å². The molecule has 3 aromatic carbocycles. The van der Waals surface area contributed by atoms with Gasteiger partial charge in [0.25, 0.3) is 5.56 Å². The van der Waals surface area contributed by atoms with Crippen LogP contribution < -0.4 is 33.8 Å². The van der Waals surface area contributed by atoms with Gasteiger partial charge in [-0.2, -0.15) is 0 Å². The lowest BCUT2D eigenvalue weighted by Crippen LogP contribution is -2.40. The van der Waals surface area contributed by atoms with Crippen LogP contribution in [0.2, 0.25) is 0 Å². The van der Waals surface area contributed by atoms with Crippen molar-refractivity contribution in [3.05, 3.63) is 113 Å². The van der Waals surface area contributed by atoms with E-state index in [1.807, 2.05) is 0 Å². The summed E-state index contributed by atoms with van der Waals surface area (Å²) in [6.45, 7) is 3.73. The Morgan fingerprint density at radius 3 is 2.40 bits per heavy atom. The minimum atomic E-state index is -0.879. The number of carbonyl (C=O) groups excluding carboxylic acids is 1. The van der Waals surface area contributed by atoms with Crippen LogP contribution in [-0.4, -0.2) is 38.5 Å². The van der Waals surface area contributed by atoms with Crippen LogP contribution in [0.15, 0.2) is 80.1 Å². The van der Waals surface area contributed by atoms with Crippen molar-refractivity contribution < 1.29 is 32.9 Å². The van der Waals surface area contributed by atoms with Gasteiger partial charge in [0, 0.05) is 10.0 Å².